The maximum Gasteiger partial charge on any atom is 0.310 e. The molecule has 9 heteroatoms. The number of piperidine rings is 1. The Labute approximate surface area is 162 Å². The number of sulfonamides is 1. The first-order chi connectivity index (χ1) is 12.9. The molecule has 1 unspecified atom stereocenters. The molecule has 0 aliphatic carbocycles. The largest absolute Gasteiger partial charge is 0.465 e. The molecule has 1 aromatic heterocycles. The third-order valence-corrected chi connectivity index (χ3v) is 7.46. The molecule has 0 saturated carbocycles. The molecule has 27 heavy (non-hydrogen) atoms. The van der Waals surface area contributed by atoms with Crippen LogP contribution in [0.5, 0.6) is 0 Å². The van der Waals surface area contributed by atoms with Crippen molar-refractivity contribution in [3.8, 4) is 0 Å². The fourth-order valence-electron chi connectivity index (χ4n) is 3.04. The Morgan fingerprint density at radius 3 is 2.78 bits per heavy atom. The zero-order valence-corrected chi connectivity index (χ0v) is 16.6. The van der Waals surface area contributed by atoms with Crippen LogP contribution in [0, 0.1) is 18.7 Å². The monoisotopic (exact) mass is 412 g/mol. The number of benzene rings is 1. The highest BCUT2D eigenvalue weighted by Crippen LogP contribution is 2.25. The molecule has 1 atom stereocenters. The predicted octanol–water partition coefficient (Wildman–Crippen LogP) is 2.78. The van der Waals surface area contributed by atoms with Gasteiger partial charge in [0, 0.05) is 24.4 Å². The Morgan fingerprint density at radius 2 is 2.11 bits per heavy atom. The van der Waals surface area contributed by atoms with Crippen molar-refractivity contribution in [3.05, 3.63) is 46.2 Å². The minimum Gasteiger partial charge on any atom is -0.465 e. The van der Waals surface area contributed by atoms with Crippen LogP contribution in [0.4, 0.5) is 4.39 Å². The highest BCUT2D eigenvalue weighted by Gasteiger charge is 2.34. The van der Waals surface area contributed by atoms with Crippen LogP contribution in [0.25, 0.3) is 0 Å². The summed E-state index contributed by atoms with van der Waals surface area (Å²) in [7, 11) is -3.75. The SMILES string of the molecule is Cc1ncsc1CCOC(=O)C1CCCN(S(=O)(=O)c2ccc(F)cc2)C1. The van der Waals surface area contributed by atoms with Crippen LogP contribution in [0.3, 0.4) is 0 Å². The van der Waals surface area contributed by atoms with Gasteiger partial charge in [-0.05, 0) is 44.0 Å². The number of ether oxygens (including phenoxy) is 1. The number of hydrogen-bond acceptors (Lipinski definition) is 6. The normalized spacial score (nSPS) is 18.4. The van der Waals surface area contributed by atoms with Gasteiger partial charge in [-0.15, -0.1) is 11.3 Å². The van der Waals surface area contributed by atoms with Crippen molar-refractivity contribution in [1.29, 1.82) is 0 Å². The fourth-order valence-corrected chi connectivity index (χ4v) is 5.32. The van der Waals surface area contributed by atoms with Crippen molar-refractivity contribution in [1.82, 2.24) is 9.29 Å². The molecular weight excluding hydrogens is 391 g/mol. The maximum absolute atomic E-state index is 13.1. The van der Waals surface area contributed by atoms with E-state index in [1.807, 2.05) is 6.92 Å². The number of carbonyl (C=O) groups excluding carboxylic acids is 1. The Hall–Kier alpha value is -1.84. The van der Waals surface area contributed by atoms with E-state index in [9.17, 15) is 17.6 Å². The first-order valence-corrected chi connectivity index (χ1v) is 11.0. The van der Waals surface area contributed by atoms with Crippen molar-refractivity contribution in [2.45, 2.75) is 31.1 Å². The number of halogens is 1. The first kappa shape index (κ1) is 19.9. The predicted molar refractivity (Wildman–Crippen MR) is 99.4 cm³/mol. The van der Waals surface area contributed by atoms with E-state index in [0.29, 0.717) is 25.8 Å². The molecule has 2 heterocycles. The summed E-state index contributed by atoms with van der Waals surface area (Å²) < 4.78 is 45.1. The molecule has 0 spiro atoms. The second-order valence-corrected chi connectivity index (χ2v) is 9.31. The van der Waals surface area contributed by atoms with Crippen molar-refractivity contribution in [2.24, 2.45) is 5.92 Å². The van der Waals surface area contributed by atoms with Gasteiger partial charge in [0.15, 0.2) is 0 Å². The number of carbonyl (C=O) groups is 1. The minimum atomic E-state index is -3.75. The van der Waals surface area contributed by atoms with E-state index in [-0.39, 0.29) is 24.0 Å². The highest BCUT2D eigenvalue weighted by atomic mass is 32.2. The highest BCUT2D eigenvalue weighted by molar-refractivity contribution is 7.89. The molecule has 1 saturated heterocycles. The summed E-state index contributed by atoms with van der Waals surface area (Å²) in [4.78, 5) is 17.6. The van der Waals surface area contributed by atoms with Crippen LogP contribution in [-0.2, 0) is 26.0 Å². The Morgan fingerprint density at radius 1 is 1.37 bits per heavy atom. The third-order valence-electron chi connectivity index (χ3n) is 4.59. The van der Waals surface area contributed by atoms with E-state index >= 15 is 0 Å². The van der Waals surface area contributed by atoms with E-state index in [1.54, 1.807) is 5.51 Å². The van der Waals surface area contributed by atoms with Gasteiger partial charge in [0.2, 0.25) is 10.0 Å². The standard InChI is InChI=1S/C18H21FN2O4S2/c1-13-17(26-12-20-13)8-10-25-18(22)14-3-2-9-21(11-14)27(23,24)16-6-4-15(19)5-7-16/h4-7,12,14H,2-3,8-11H2,1H3. The van der Waals surface area contributed by atoms with Gasteiger partial charge in [0.1, 0.15) is 5.82 Å². The second kappa shape index (κ2) is 8.45. The summed E-state index contributed by atoms with van der Waals surface area (Å²) in [5.41, 5.74) is 2.69. The second-order valence-electron chi connectivity index (χ2n) is 6.43. The summed E-state index contributed by atoms with van der Waals surface area (Å²) in [6, 6.07) is 4.71. The van der Waals surface area contributed by atoms with Gasteiger partial charge in [0.25, 0.3) is 0 Å². The number of hydrogen-bond donors (Lipinski definition) is 0. The number of thiazole rings is 1. The average molecular weight is 413 g/mol. The quantitative estimate of drug-likeness (QED) is 0.682. The van der Waals surface area contributed by atoms with Crippen molar-refractivity contribution < 1.29 is 22.3 Å². The zero-order valence-electron chi connectivity index (χ0n) is 14.9. The molecule has 1 aliphatic rings. The van der Waals surface area contributed by atoms with E-state index in [4.69, 9.17) is 4.74 Å². The number of aryl methyl sites for hydroxylation is 1. The summed E-state index contributed by atoms with van der Waals surface area (Å²) in [5.74, 6) is -1.36. The fraction of sp³-hybridized carbons (Fsp3) is 0.444. The van der Waals surface area contributed by atoms with Gasteiger partial charge >= 0.3 is 5.97 Å². The van der Waals surface area contributed by atoms with E-state index < -0.39 is 21.8 Å². The summed E-state index contributed by atoms with van der Waals surface area (Å²) in [6.07, 6.45) is 1.77. The van der Waals surface area contributed by atoms with Crippen LogP contribution >= 0.6 is 11.3 Å². The zero-order chi connectivity index (χ0) is 19.4. The van der Waals surface area contributed by atoms with Gasteiger partial charge in [-0.2, -0.15) is 4.31 Å². The van der Waals surface area contributed by atoms with Crippen LogP contribution in [0.2, 0.25) is 0 Å². The molecule has 0 amide bonds. The Bertz CT molecular complexity index is 896. The molecule has 1 fully saturated rings. The molecule has 0 N–H and O–H groups in total. The molecule has 1 aromatic carbocycles. The van der Waals surface area contributed by atoms with Crippen molar-refractivity contribution in [3.63, 3.8) is 0 Å². The topological polar surface area (TPSA) is 76.6 Å². The van der Waals surface area contributed by atoms with Crippen LogP contribution < -0.4 is 0 Å². The van der Waals surface area contributed by atoms with Gasteiger partial charge < -0.3 is 4.74 Å². The Kier molecular flexibility index (Phi) is 6.23. The molecule has 0 radical (unpaired) electrons. The van der Waals surface area contributed by atoms with Crippen LogP contribution in [0.15, 0.2) is 34.7 Å². The molecule has 6 nitrogen and oxygen atoms in total. The smallest absolute Gasteiger partial charge is 0.310 e. The summed E-state index contributed by atoms with van der Waals surface area (Å²) >= 11 is 1.52. The van der Waals surface area contributed by atoms with E-state index in [2.05, 4.69) is 4.98 Å². The molecular formula is C18H21FN2O4S2. The van der Waals surface area contributed by atoms with Crippen LogP contribution in [0.1, 0.15) is 23.4 Å². The average Bonchev–Trinajstić information content (AvgIpc) is 3.07. The lowest BCUT2D eigenvalue weighted by atomic mass is 10.00. The maximum atomic E-state index is 13.1. The number of nitrogens with zero attached hydrogens (tertiary/aromatic N) is 2. The Balaban J connectivity index is 1.59. The van der Waals surface area contributed by atoms with Gasteiger partial charge in [-0.3, -0.25) is 4.79 Å². The van der Waals surface area contributed by atoms with Crippen LogP contribution in [-0.4, -0.2) is 43.4 Å². The first-order valence-electron chi connectivity index (χ1n) is 8.69. The molecule has 3 rings (SSSR count). The summed E-state index contributed by atoms with van der Waals surface area (Å²) in [5, 5.41) is 0. The molecule has 2 aromatic rings. The van der Waals surface area contributed by atoms with Gasteiger partial charge in [0.05, 0.1) is 28.6 Å². The number of esters is 1. The number of aromatic nitrogens is 1. The lowest BCUT2D eigenvalue weighted by Crippen LogP contribution is -2.42. The molecule has 0 bridgehead atoms. The number of rotatable bonds is 6. The minimum absolute atomic E-state index is 0.0265. The van der Waals surface area contributed by atoms with Gasteiger partial charge in [-0.25, -0.2) is 17.8 Å². The lowest BCUT2D eigenvalue weighted by Gasteiger charge is -2.30. The van der Waals surface area contributed by atoms with Crippen molar-refractivity contribution >= 4 is 27.3 Å². The molecule has 146 valence electrons. The lowest BCUT2D eigenvalue weighted by molar-refractivity contribution is -0.149. The third kappa shape index (κ3) is 4.72. The van der Waals surface area contributed by atoms with Crippen molar-refractivity contribution in [2.75, 3.05) is 19.7 Å². The van der Waals surface area contributed by atoms with E-state index in [0.717, 1.165) is 22.7 Å². The molecule has 1 aliphatic heterocycles. The summed E-state index contributed by atoms with van der Waals surface area (Å²) in [6.45, 7) is 2.58. The van der Waals surface area contributed by atoms with E-state index in [1.165, 1.54) is 27.8 Å². The van der Waals surface area contributed by atoms with Gasteiger partial charge in [-0.1, -0.05) is 0 Å².